The number of nitrogens with zero attached hydrogens (tertiary/aromatic N) is 3. The van der Waals surface area contributed by atoms with Gasteiger partial charge in [0.25, 0.3) is 0 Å². The van der Waals surface area contributed by atoms with Gasteiger partial charge in [0.2, 0.25) is 0 Å². The van der Waals surface area contributed by atoms with E-state index in [-0.39, 0.29) is 0 Å². The third kappa shape index (κ3) is 1.67. The van der Waals surface area contributed by atoms with E-state index in [2.05, 4.69) is 10.1 Å². The van der Waals surface area contributed by atoms with E-state index >= 15 is 0 Å². The molecule has 0 spiro atoms. The number of carbonyl (C=O) groups excluding carboxylic acids is 1. The number of fused-ring (bicyclic) bond motifs is 1. The Bertz CT molecular complexity index is 736. The third-order valence-corrected chi connectivity index (χ3v) is 2.88. The van der Waals surface area contributed by atoms with Gasteiger partial charge in [-0.3, -0.25) is 4.79 Å². The molecule has 0 saturated heterocycles. The van der Waals surface area contributed by atoms with Gasteiger partial charge in [0.15, 0.2) is 11.9 Å². The van der Waals surface area contributed by atoms with Gasteiger partial charge in [0.1, 0.15) is 5.69 Å². The fourth-order valence-electron chi connectivity index (χ4n) is 1.86. The van der Waals surface area contributed by atoms with Crippen molar-refractivity contribution in [1.29, 1.82) is 0 Å². The monoisotopic (exact) mass is 257 g/mol. The maximum atomic E-state index is 11.2. The molecule has 3 aromatic rings. The standard InChI is InChI=1S/C13H8ClN3O/c14-10-4-1-3-9(7-10)12-11(8-18)13-15-5-2-6-17(13)16-12/h1-8H. The topological polar surface area (TPSA) is 47.3 Å². The molecule has 0 atom stereocenters. The van der Waals surface area contributed by atoms with Crippen molar-refractivity contribution in [1.82, 2.24) is 14.6 Å². The molecule has 5 heteroatoms. The molecule has 0 bridgehead atoms. The lowest BCUT2D eigenvalue weighted by molar-refractivity contribution is 0.112. The van der Waals surface area contributed by atoms with E-state index in [4.69, 9.17) is 11.6 Å². The van der Waals surface area contributed by atoms with E-state index in [0.29, 0.717) is 21.9 Å². The molecule has 1 aromatic carbocycles. The Hall–Kier alpha value is -2.20. The van der Waals surface area contributed by atoms with Crippen molar-refractivity contribution in [3.8, 4) is 11.3 Å². The quantitative estimate of drug-likeness (QED) is 0.663. The van der Waals surface area contributed by atoms with Crippen LogP contribution in [0.1, 0.15) is 10.4 Å². The molecule has 2 aromatic heterocycles. The van der Waals surface area contributed by atoms with Crippen molar-refractivity contribution >= 4 is 23.5 Å². The summed E-state index contributed by atoms with van der Waals surface area (Å²) in [5.74, 6) is 0. The molecule has 3 rings (SSSR count). The van der Waals surface area contributed by atoms with E-state index in [0.717, 1.165) is 11.8 Å². The van der Waals surface area contributed by atoms with E-state index in [1.807, 2.05) is 12.1 Å². The Morgan fingerprint density at radius 1 is 1.28 bits per heavy atom. The lowest BCUT2D eigenvalue weighted by Crippen LogP contribution is -1.88. The van der Waals surface area contributed by atoms with E-state index in [1.54, 1.807) is 35.1 Å². The molecule has 0 radical (unpaired) electrons. The number of halogens is 1. The van der Waals surface area contributed by atoms with Crippen LogP contribution in [0, 0.1) is 0 Å². The third-order valence-electron chi connectivity index (χ3n) is 2.65. The summed E-state index contributed by atoms with van der Waals surface area (Å²) in [6.07, 6.45) is 4.15. The summed E-state index contributed by atoms with van der Waals surface area (Å²) in [5, 5.41) is 4.97. The van der Waals surface area contributed by atoms with Crippen LogP contribution in [0.2, 0.25) is 5.02 Å². The first-order valence-corrected chi connectivity index (χ1v) is 5.72. The van der Waals surface area contributed by atoms with Crippen LogP contribution in [-0.2, 0) is 0 Å². The molecule has 0 amide bonds. The van der Waals surface area contributed by atoms with Gasteiger partial charge < -0.3 is 0 Å². The van der Waals surface area contributed by atoms with Crippen LogP contribution >= 0.6 is 11.6 Å². The second-order valence-corrected chi connectivity index (χ2v) is 4.21. The van der Waals surface area contributed by atoms with Gasteiger partial charge in [0.05, 0.1) is 5.56 Å². The van der Waals surface area contributed by atoms with Crippen LogP contribution in [0.4, 0.5) is 0 Å². The normalized spacial score (nSPS) is 10.7. The summed E-state index contributed by atoms with van der Waals surface area (Å²) in [4.78, 5) is 15.4. The van der Waals surface area contributed by atoms with E-state index in [1.165, 1.54) is 0 Å². The van der Waals surface area contributed by atoms with Crippen molar-refractivity contribution < 1.29 is 4.79 Å². The van der Waals surface area contributed by atoms with Crippen LogP contribution < -0.4 is 0 Å². The highest BCUT2D eigenvalue weighted by molar-refractivity contribution is 6.30. The highest BCUT2D eigenvalue weighted by atomic mass is 35.5. The number of benzene rings is 1. The SMILES string of the molecule is O=Cc1c(-c2cccc(Cl)c2)nn2cccnc12. The van der Waals surface area contributed by atoms with Crippen molar-refractivity contribution in [3.63, 3.8) is 0 Å². The molecule has 18 heavy (non-hydrogen) atoms. The zero-order valence-electron chi connectivity index (χ0n) is 9.25. The first kappa shape index (κ1) is 10.9. The number of hydrogen-bond donors (Lipinski definition) is 0. The van der Waals surface area contributed by atoms with Gasteiger partial charge in [-0.25, -0.2) is 9.50 Å². The van der Waals surface area contributed by atoms with Crippen molar-refractivity contribution in [2.24, 2.45) is 0 Å². The fraction of sp³-hybridized carbons (Fsp3) is 0. The Kier molecular flexibility index (Phi) is 2.57. The molecule has 0 unspecified atom stereocenters. The van der Waals surface area contributed by atoms with E-state index in [9.17, 15) is 4.79 Å². The summed E-state index contributed by atoms with van der Waals surface area (Å²) < 4.78 is 1.58. The largest absolute Gasteiger partial charge is 0.298 e. The Balaban J connectivity index is 2.32. The zero-order chi connectivity index (χ0) is 12.5. The highest BCUT2D eigenvalue weighted by Gasteiger charge is 2.14. The summed E-state index contributed by atoms with van der Waals surface area (Å²) in [7, 11) is 0. The minimum absolute atomic E-state index is 0.470. The molecule has 0 aliphatic heterocycles. The number of hydrogen-bond acceptors (Lipinski definition) is 3. The summed E-state index contributed by atoms with van der Waals surface area (Å²) >= 11 is 5.95. The molecule has 4 nitrogen and oxygen atoms in total. The summed E-state index contributed by atoms with van der Waals surface area (Å²) in [6, 6.07) is 9.00. The highest BCUT2D eigenvalue weighted by Crippen LogP contribution is 2.25. The van der Waals surface area contributed by atoms with Crippen LogP contribution in [-0.4, -0.2) is 20.9 Å². The number of aromatic nitrogens is 3. The number of rotatable bonds is 2. The van der Waals surface area contributed by atoms with Gasteiger partial charge in [-0.15, -0.1) is 0 Å². The first-order chi connectivity index (χ1) is 8.79. The molecule has 0 saturated carbocycles. The summed E-state index contributed by atoms with van der Waals surface area (Å²) in [6.45, 7) is 0. The molecular weight excluding hydrogens is 250 g/mol. The maximum Gasteiger partial charge on any atom is 0.166 e. The van der Waals surface area contributed by atoms with Crippen LogP contribution in [0.3, 0.4) is 0 Å². The molecular formula is C13H8ClN3O. The van der Waals surface area contributed by atoms with E-state index < -0.39 is 0 Å². The molecule has 0 fully saturated rings. The molecule has 0 aliphatic carbocycles. The second kappa shape index (κ2) is 4.23. The Morgan fingerprint density at radius 3 is 2.94 bits per heavy atom. The fourth-order valence-corrected chi connectivity index (χ4v) is 2.05. The number of aldehydes is 1. The maximum absolute atomic E-state index is 11.2. The van der Waals surface area contributed by atoms with Gasteiger partial charge in [0, 0.05) is 23.0 Å². The van der Waals surface area contributed by atoms with Gasteiger partial charge in [-0.1, -0.05) is 23.7 Å². The van der Waals surface area contributed by atoms with Crippen molar-refractivity contribution in [2.45, 2.75) is 0 Å². The molecule has 0 N–H and O–H groups in total. The lowest BCUT2D eigenvalue weighted by Gasteiger charge is -1.97. The van der Waals surface area contributed by atoms with Crippen molar-refractivity contribution in [3.05, 3.63) is 53.3 Å². The van der Waals surface area contributed by atoms with Crippen LogP contribution in [0.15, 0.2) is 42.7 Å². The molecule has 2 heterocycles. The predicted molar refractivity (Wildman–Crippen MR) is 68.8 cm³/mol. The zero-order valence-corrected chi connectivity index (χ0v) is 10.0. The Morgan fingerprint density at radius 2 is 2.17 bits per heavy atom. The van der Waals surface area contributed by atoms with Gasteiger partial charge >= 0.3 is 0 Å². The smallest absolute Gasteiger partial charge is 0.166 e. The second-order valence-electron chi connectivity index (χ2n) is 3.78. The van der Waals surface area contributed by atoms with Crippen LogP contribution in [0.25, 0.3) is 16.9 Å². The molecule has 0 aliphatic rings. The first-order valence-electron chi connectivity index (χ1n) is 5.34. The molecule has 88 valence electrons. The lowest BCUT2D eigenvalue weighted by atomic mass is 10.1. The van der Waals surface area contributed by atoms with Gasteiger partial charge in [-0.05, 0) is 18.2 Å². The Labute approximate surface area is 108 Å². The van der Waals surface area contributed by atoms with Gasteiger partial charge in [-0.2, -0.15) is 5.10 Å². The number of carbonyl (C=O) groups is 1. The minimum Gasteiger partial charge on any atom is -0.298 e. The average Bonchev–Trinajstić information content (AvgIpc) is 2.77. The predicted octanol–water partition coefficient (Wildman–Crippen LogP) is 2.86. The average molecular weight is 258 g/mol. The van der Waals surface area contributed by atoms with Crippen LogP contribution in [0.5, 0.6) is 0 Å². The summed E-state index contributed by atoms with van der Waals surface area (Å²) in [5.41, 5.74) is 2.40. The van der Waals surface area contributed by atoms with Crippen molar-refractivity contribution in [2.75, 3.05) is 0 Å². The minimum atomic E-state index is 0.470.